The smallest absolute Gasteiger partial charge is 0.311 e. The van der Waals surface area contributed by atoms with Gasteiger partial charge in [-0.15, -0.1) is 0 Å². The fourth-order valence-corrected chi connectivity index (χ4v) is 5.28. The second kappa shape index (κ2) is 8.03. The first-order valence-corrected chi connectivity index (χ1v) is 10.1. The molecule has 1 N–H and O–H groups in total. The molecule has 132 valence electrons. The van der Waals surface area contributed by atoms with Crippen LogP contribution in [-0.4, -0.2) is 17.2 Å². The first-order chi connectivity index (χ1) is 12.6. The minimum Gasteiger partial charge on any atom is -0.488 e. The van der Waals surface area contributed by atoms with Gasteiger partial charge in [0, 0.05) is 5.30 Å². The number of carboxylic acids is 1. The molecule has 0 aliphatic rings. The highest BCUT2D eigenvalue weighted by molar-refractivity contribution is 7.79. The summed E-state index contributed by atoms with van der Waals surface area (Å²) in [4.78, 5) is 11.4. The van der Waals surface area contributed by atoms with Crippen molar-refractivity contribution in [3.05, 3.63) is 90.5 Å². The second-order valence-electron chi connectivity index (χ2n) is 5.87. The lowest BCUT2D eigenvalue weighted by Crippen LogP contribution is -2.23. The molecule has 0 unspecified atom stereocenters. The Labute approximate surface area is 152 Å². The molecule has 0 saturated carbocycles. The number of aliphatic carboxylic acids is 1. The van der Waals surface area contributed by atoms with Crippen molar-refractivity contribution in [2.75, 3.05) is 6.16 Å². The average Bonchev–Trinajstić information content (AvgIpc) is 2.67. The van der Waals surface area contributed by atoms with Crippen molar-refractivity contribution in [1.82, 2.24) is 0 Å². The molecule has 1 atom stereocenters. The zero-order valence-electron chi connectivity index (χ0n) is 14.1. The van der Waals surface area contributed by atoms with Crippen LogP contribution in [0, 0.1) is 0 Å². The zero-order valence-corrected chi connectivity index (χ0v) is 15.0. The molecular weight excluding hydrogens is 347 g/mol. The maximum Gasteiger partial charge on any atom is 0.311 e. The molecule has 0 spiro atoms. The lowest BCUT2D eigenvalue weighted by molar-refractivity contribution is -0.134. The summed E-state index contributed by atoms with van der Waals surface area (Å²) in [5.41, 5.74) is 0.982. The molecular formula is C21H19O4P. The summed E-state index contributed by atoms with van der Waals surface area (Å²) in [5.74, 6) is -0.653. The average molecular weight is 366 g/mol. The Morgan fingerprint density at radius 1 is 0.846 bits per heavy atom. The maximum atomic E-state index is 13.8. The number of carboxylic acid groups (broad SMARTS) is 1. The topological polar surface area (TPSA) is 63.6 Å². The molecule has 0 saturated heterocycles. The van der Waals surface area contributed by atoms with Crippen LogP contribution in [0.15, 0.2) is 84.9 Å². The summed E-state index contributed by atoms with van der Waals surface area (Å²) in [5, 5.41) is 10.3. The van der Waals surface area contributed by atoms with Crippen molar-refractivity contribution in [1.29, 1.82) is 0 Å². The maximum absolute atomic E-state index is 13.8. The molecule has 0 amide bonds. The summed E-state index contributed by atoms with van der Waals surface area (Å²) in [6.45, 7) is 0.319. The summed E-state index contributed by atoms with van der Waals surface area (Å²) in [6, 6.07) is 25.4. The van der Waals surface area contributed by atoms with E-state index in [4.69, 9.17) is 4.74 Å². The van der Waals surface area contributed by atoms with Crippen molar-refractivity contribution < 1.29 is 19.2 Å². The van der Waals surface area contributed by atoms with Gasteiger partial charge < -0.3 is 14.4 Å². The summed E-state index contributed by atoms with van der Waals surface area (Å²) in [7, 11) is -3.36. The fourth-order valence-electron chi connectivity index (χ4n) is 2.79. The molecule has 0 bridgehead atoms. The predicted molar refractivity (Wildman–Crippen MR) is 103 cm³/mol. The predicted octanol–water partition coefficient (Wildman–Crippen LogP) is 3.66. The van der Waals surface area contributed by atoms with E-state index in [0.29, 0.717) is 23.0 Å². The molecule has 0 radical (unpaired) electrons. The monoisotopic (exact) mass is 366 g/mol. The van der Waals surface area contributed by atoms with Crippen molar-refractivity contribution in [2.24, 2.45) is 0 Å². The Morgan fingerprint density at radius 3 is 2.08 bits per heavy atom. The Bertz CT molecular complexity index is 923. The molecule has 5 heteroatoms. The number of para-hydroxylation sites is 1. The molecule has 26 heavy (non-hydrogen) atoms. The molecule has 3 rings (SSSR count). The van der Waals surface area contributed by atoms with Crippen LogP contribution in [-0.2, 0) is 16.0 Å². The van der Waals surface area contributed by atoms with Gasteiger partial charge in [0.1, 0.15) is 18.5 Å². The van der Waals surface area contributed by atoms with E-state index in [1.54, 1.807) is 48.5 Å². The standard InChI is InChI=1S/C21H19O4P/c22-21(23)16-26(24,18-11-5-2-6-12-18)20-14-8-7-13-19(20)25-15-17-9-3-1-4-10-17/h1-14H,15-16H2,(H,22,23)/t26-/m1/s1. The summed E-state index contributed by atoms with van der Waals surface area (Å²) >= 11 is 0. The lowest BCUT2D eigenvalue weighted by atomic mass is 10.2. The van der Waals surface area contributed by atoms with Crippen LogP contribution in [0.4, 0.5) is 0 Å². The van der Waals surface area contributed by atoms with E-state index in [2.05, 4.69) is 0 Å². The first-order valence-electron chi connectivity index (χ1n) is 8.22. The van der Waals surface area contributed by atoms with Crippen molar-refractivity contribution in [2.45, 2.75) is 6.61 Å². The van der Waals surface area contributed by atoms with Crippen LogP contribution in [0.3, 0.4) is 0 Å². The van der Waals surface area contributed by atoms with Crippen molar-refractivity contribution in [3.8, 4) is 5.75 Å². The van der Waals surface area contributed by atoms with Gasteiger partial charge in [0.2, 0.25) is 0 Å². The number of rotatable bonds is 7. The molecule has 0 aliphatic carbocycles. The molecule has 0 fully saturated rings. The van der Waals surface area contributed by atoms with Crippen LogP contribution in [0.25, 0.3) is 0 Å². The zero-order chi connectivity index (χ0) is 18.4. The highest BCUT2D eigenvalue weighted by Gasteiger charge is 2.33. The Kier molecular flexibility index (Phi) is 5.55. The summed E-state index contributed by atoms with van der Waals surface area (Å²) in [6.07, 6.45) is -0.456. The Balaban J connectivity index is 2.00. The van der Waals surface area contributed by atoms with Gasteiger partial charge in [-0.2, -0.15) is 0 Å². The van der Waals surface area contributed by atoms with E-state index < -0.39 is 19.3 Å². The molecule has 3 aromatic carbocycles. The third-order valence-electron chi connectivity index (χ3n) is 4.02. The highest BCUT2D eigenvalue weighted by Crippen LogP contribution is 2.45. The van der Waals surface area contributed by atoms with Gasteiger partial charge in [0.15, 0.2) is 7.14 Å². The van der Waals surface area contributed by atoms with E-state index in [0.717, 1.165) is 5.56 Å². The molecule has 0 heterocycles. The van der Waals surface area contributed by atoms with Crippen LogP contribution in [0.5, 0.6) is 5.75 Å². The first kappa shape index (κ1) is 18.0. The number of carbonyl (C=O) groups is 1. The van der Waals surface area contributed by atoms with E-state index in [1.807, 2.05) is 36.4 Å². The molecule has 0 aromatic heterocycles. The minimum absolute atomic E-state index is 0.319. The van der Waals surface area contributed by atoms with Crippen molar-refractivity contribution >= 4 is 23.7 Å². The highest BCUT2D eigenvalue weighted by atomic mass is 31.2. The Morgan fingerprint density at radius 2 is 1.42 bits per heavy atom. The largest absolute Gasteiger partial charge is 0.488 e. The van der Waals surface area contributed by atoms with E-state index in [9.17, 15) is 14.5 Å². The number of hydrogen-bond donors (Lipinski definition) is 1. The van der Waals surface area contributed by atoms with Gasteiger partial charge in [0.25, 0.3) is 0 Å². The number of benzene rings is 3. The van der Waals surface area contributed by atoms with Crippen LogP contribution in [0.1, 0.15) is 5.56 Å². The quantitative estimate of drug-likeness (QED) is 0.648. The minimum atomic E-state index is -3.36. The number of ether oxygens (including phenoxy) is 1. The van der Waals surface area contributed by atoms with Crippen LogP contribution >= 0.6 is 7.14 Å². The van der Waals surface area contributed by atoms with Gasteiger partial charge in [-0.25, -0.2) is 0 Å². The van der Waals surface area contributed by atoms with E-state index >= 15 is 0 Å². The van der Waals surface area contributed by atoms with Crippen molar-refractivity contribution in [3.63, 3.8) is 0 Å². The van der Waals surface area contributed by atoms with Gasteiger partial charge >= 0.3 is 5.97 Å². The van der Waals surface area contributed by atoms with Gasteiger partial charge in [-0.05, 0) is 17.7 Å². The lowest BCUT2D eigenvalue weighted by Gasteiger charge is -2.20. The van der Waals surface area contributed by atoms with Crippen LogP contribution in [0.2, 0.25) is 0 Å². The normalized spacial score (nSPS) is 12.9. The molecule has 0 aliphatic heterocycles. The van der Waals surface area contributed by atoms with E-state index in [-0.39, 0.29) is 0 Å². The van der Waals surface area contributed by atoms with Crippen LogP contribution < -0.4 is 15.3 Å². The molecule has 4 nitrogen and oxygen atoms in total. The van der Waals surface area contributed by atoms with Gasteiger partial charge in [-0.3, -0.25) is 4.79 Å². The SMILES string of the molecule is O=C(O)C[P@@](=O)(c1ccccc1)c1ccccc1OCc1ccccc1. The summed E-state index contributed by atoms with van der Waals surface area (Å²) < 4.78 is 19.7. The fraction of sp³-hybridized carbons (Fsp3) is 0.0952. The Hall–Kier alpha value is -2.84. The third kappa shape index (κ3) is 4.04. The van der Waals surface area contributed by atoms with E-state index in [1.165, 1.54) is 0 Å². The van der Waals surface area contributed by atoms with Gasteiger partial charge in [0.05, 0.1) is 5.30 Å². The third-order valence-corrected chi connectivity index (χ3v) is 7.02. The second-order valence-corrected chi connectivity index (χ2v) is 8.66. The van der Waals surface area contributed by atoms with Gasteiger partial charge in [-0.1, -0.05) is 72.8 Å². The number of hydrogen-bond acceptors (Lipinski definition) is 3. The molecule has 3 aromatic rings.